The van der Waals surface area contributed by atoms with Gasteiger partial charge in [0, 0.05) is 23.3 Å². The molecule has 6 heteroatoms. The molecule has 1 unspecified atom stereocenters. The third-order valence-electron chi connectivity index (χ3n) is 2.97. The van der Waals surface area contributed by atoms with Crippen molar-refractivity contribution >= 4 is 23.2 Å². The van der Waals surface area contributed by atoms with E-state index in [1.807, 2.05) is 0 Å². The molecule has 0 amide bonds. The van der Waals surface area contributed by atoms with Gasteiger partial charge in [-0.2, -0.15) is 0 Å². The average Bonchev–Trinajstić information content (AvgIpc) is 2.43. The molecule has 1 N–H and O–H groups in total. The Kier molecular flexibility index (Phi) is 6.39. The van der Waals surface area contributed by atoms with E-state index in [-0.39, 0.29) is 19.3 Å². The predicted octanol–water partition coefficient (Wildman–Crippen LogP) is 2.93. The smallest absolute Gasteiger partial charge is 0.122 e. The van der Waals surface area contributed by atoms with Gasteiger partial charge in [0.25, 0.3) is 0 Å². The van der Waals surface area contributed by atoms with Gasteiger partial charge in [0.2, 0.25) is 0 Å². The zero-order chi connectivity index (χ0) is 14.4. The Morgan fingerprint density at radius 2 is 1.80 bits per heavy atom. The Bertz CT molecular complexity index is 401. The minimum Gasteiger partial charge on any atom is -0.491 e. The van der Waals surface area contributed by atoms with Crippen LogP contribution >= 0.6 is 23.2 Å². The van der Waals surface area contributed by atoms with Crippen LogP contribution in [0.15, 0.2) is 18.2 Å². The highest BCUT2D eigenvalue weighted by Crippen LogP contribution is 2.24. The first-order chi connectivity index (χ1) is 9.63. The van der Waals surface area contributed by atoms with Crippen LogP contribution in [0.25, 0.3) is 0 Å². The second-order valence-corrected chi connectivity index (χ2v) is 5.59. The third kappa shape index (κ3) is 5.46. The maximum Gasteiger partial charge on any atom is 0.122 e. The van der Waals surface area contributed by atoms with Crippen molar-refractivity contribution in [2.75, 3.05) is 26.4 Å². The number of aliphatic hydroxyl groups excluding tert-OH is 1. The van der Waals surface area contributed by atoms with E-state index in [0.717, 1.165) is 26.1 Å². The molecule has 1 aliphatic heterocycles. The van der Waals surface area contributed by atoms with Crippen LogP contribution in [-0.2, 0) is 9.47 Å². The Labute approximate surface area is 128 Å². The van der Waals surface area contributed by atoms with Crippen LogP contribution < -0.4 is 4.74 Å². The van der Waals surface area contributed by atoms with Gasteiger partial charge in [-0.1, -0.05) is 23.2 Å². The van der Waals surface area contributed by atoms with Crippen LogP contribution in [0.4, 0.5) is 0 Å². The summed E-state index contributed by atoms with van der Waals surface area (Å²) in [4.78, 5) is 0. The zero-order valence-electron chi connectivity index (χ0n) is 11.1. The normalized spacial score (nSPS) is 17.9. The number of hydrogen-bond donors (Lipinski definition) is 1. The van der Waals surface area contributed by atoms with E-state index < -0.39 is 6.10 Å². The molecule has 20 heavy (non-hydrogen) atoms. The van der Waals surface area contributed by atoms with Gasteiger partial charge in [-0.05, 0) is 31.0 Å². The minimum atomic E-state index is -0.685. The molecule has 1 aromatic rings. The highest BCUT2D eigenvalue weighted by molar-refractivity contribution is 6.34. The molecule has 0 aliphatic carbocycles. The molecular weight excluding hydrogens is 303 g/mol. The van der Waals surface area contributed by atoms with Crippen molar-refractivity contribution in [2.45, 2.75) is 25.0 Å². The predicted molar refractivity (Wildman–Crippen MR) is 77.8 cm³/mol. The fraction of sp³-hybridized carbons (Fsp3) is 0.571. The molecule has 0 saturated carbocycles. The number of aliphatic hydroxyl groups is 1. The van der Waals surface area contributed by atoms with Crippen molar-refractivity contribution in [1.82, 2.24) is 0 Å². The van der Waals surface area contributed by atoms with Crippen LogP contribution in [0.2, 0.25) is 10.0 Å². The summed E-state index contributed by atoms with van der Waals surface area (Å²) in [6.45, 7) is 1.83. The summed E-state index contributed by atoms with van der Waals surface area (Å²) < 4.78 is 16.3. The van der Waals surface area contributed by atoms with Gasteiger partial charge in [0.1, 0.15) is 18.5 Å². The standard InChI is InChI=1S/C14H18Cl2O4/c15-10-5-11(16)7-14(6-10)20-9-12(17)8-19-13-1-3-18-4-2-13/h5-7,12-13,17H,1-4,8-9H2. The first kappa shape index (κ1) is 15.9. The van der Waals surface area contributed by atoms with Crippen LogP contribution in [0.3, 0.4) is 0 Å². The van der Waals surface area contributed by atoms with E-state index in [1.165, 1.54) is 0 Å². The van der Waals surface area contributed by atoms with E-state index in [2.05, 4.69) is 0 Å². The maximum absolute atomic E-state index is 9.83. The van der Waals surface area contributed by atoms with E-state index in [1.54, 1.807) is 18.2 Å². The number of benzene rings is 1. The van der Waals surface area contributed by atoms with Gasteiger partial charge in [-0.3, -0.25) is 0 Å². The van der Waals surface area contributed by atoms with Crippen LogP contribution in [0, 0.1) is 0 Å². The summed E-state index contributed by atoms with van der Waals surface area (Å²) >= 11 is 11.7. The molecule has 2 rings (SSSR count). The van der Waals surface area contributed by atoms with Gasteiger partial charge < -0.3 is 19.3 Å². The summed E-state index contributed by atoms with van der Waals surface area (Å²) in [5, 5.41) is 10.8. The molecule has 112 valence electrons. The van der Waals surface area contributed by atoms with Crippen LogP contribution in [0.5, 0.6) is 5.75 Å². The Balaban J connectivity index is 1.70. The quantitative estimate of drug-likeness (QED) is 0.875. The number of ether oxygens (including phenoxy) is 3. The molecule has 4 nitrogen and oxygen atoms in total. The second-order valence-electron chi connectivity index (χ2n) is 4.72. The fourth-order valence-electron chi connectivity index (χ4n) is 1.94. The number of halogens is 2. The summed E-state index contributed by atoms with van der Waals surface area (Å²) in [6, 6.07) is 4.93. The van der Waals surface area contributed by atoms with E-state index in [4.69, 9.17) is 37.4 Å². The molecule has 1 heterocycles. The van der Waals surface area contributed by atoms with Crippen molar-refractivity contribution in [1.29, 1.82) is 0 Å². The van der Waals surface area contributed by atoms with Crippen molar-refractivity contribution in [3.05, 3.63) is 28.2 Å². The molecule has 1 saturated heterocycles. The van der Waals surface area contributed by atoms with Gasteiger partial charge >= 0.3 is 0 Å². The van der Waals surface area contributed by atoms with Gasteiger partial charge in [0.05, 0.1) is 12.7 Å². The maximum atomic E-state index is 9.83. The SMILES string of the molecule is OC(COc1cc(Cl)cc(Cl)c1)COC1CCOCC1. The lowest BCUT2D eigenvalue weighted by molar-refractivity contribution is -0.0659. The Morgan fingerprint density at radius 3 is 2.45 bits per heavy atom. The molecule has 0 bridgehead atoms. The monoisotopic (exact) mass is 320 g/mol. The van der Waals surface area contributed by atoms with Crippen molar-refractivity contribution in [3.63, 3.8) is 0 Å². The first-order valence-corrected chi connectivity index (χ1v) is 7.35. The fourth-order valence-corrected chi connectivity index (χ4v) is 2.45. The number of hydrogen-bond acceptors (Lipinski definition) is 4. The van der Waals surface area contributed by atoms with E-state index >= 15 is 0 Å². The molecule has 1 aliphatic rings. The van der Waals surface area contributed by atoms with E-state index in [9.17, 15) is 5.11 Å². The van der Waals surface area contributed by atoms with Gasteiger partial charge in [0.15, 0.2) is 0 Å². The highest BCUT2D eigenvalue weighted by Gasteiger charge is 2.16. The second kappa shape index (κ2) is 8.05. The Hall–Kier alpha value is -0.520. The summed E-state index contributed by atoms with van der Waals surface area (Å²) in [7, 11) is 0. The summed E-state index contributed by atoms with van der Waals surface area (Å²) in [5.41, 5.74) is 0. The molecule has 0 spiro atoms. The largest absolute Gasteiger partial charge is 0.491 e. The van der Waals surface area contributed by atoms with Crippen LogP contribution in [0.1, 0.15) is 12.8 Å². The molecule has 0 aromatic heterocycles. The molecule has 0 radical (unpaired) electrons. The Morgan fingerprint density at radius 1 is 1.15 bits per heavy atom. The topological polar surface area (TPSA) is 47.9 Å². The third-order valence-corrected chi connectivity index (χ3v) is 3.41. The lowest BCUT2D eigenvalue weighted by Crippen LogP contribution is -2.30. The van der Waals surface area contributed by atoms with Crippen molar-refractivity contribution in [2.24, 2.45) is 0 Å². The zero-order valence-corrected chi connectivity index (χ0v) is 12.6. The molecule has 1 fully saturated rings. The van der Waals surface area contributed by atoms with E-state index in [0.29, 0.717) is 15.8 Å². The first-order valence-electron chi connectivity index (χ1n) is 6.60. The van der Waals surface area contributed by atoms with Gasteiger partial charge in [-0.15, -0.1) is 0 Å². The minimum absolute atomic E-state index is 0.139. The molecular formula is C14H18Cl2O4. The van der Waals surface area contributed by atoms with Crippen molar-refractivity contribution in [3.8, 4) is 5.75 Å². The summed E-state index contributed by atoms with van der Waals surface area (Å²) in [5.74, 6) is 0.535. The lowest BCUT2D eigenvalue weighted by Gasteiger charge is -2.23. The van der Waals surface area contributed by atoms with Gasteiger partial charge in [-0.25, -0.2) is 0 Å². The molecule has 1 atom stereocenters. The lowest BCUT2D eigenvalue weighted by atomic mass is 10.1. The highest BCUT2D eigenvalue weighted by atomic mass is 35.5. The molecule has 1 aromatic carbocycles. The van der Waals surface area contributed by atoms with Crippen LogP contribution in [-0.4, -0.2) is 43.7 Å². The average molecular weight is 321 g/mol. The summed E-state index contributed by atoms with van der Waals surface area (Å²) in [6.07, 6.45) is 1.23. The van der Waals surface area contributed by atoms with Crippen molar-refractivity contribution < 1.29 is 19.3 Å². The number of rotatable bonds is 6.